The van der Waals surface area contributed by atoms with E-state index in [0.29, 0.717) is 6.04 Å². The maximum absolute atomic E-state index is 10.9. The zero-order chi connectivity index (χ0) is 7.84. The van der Waals surface area contributed by atoms with Gasteiger partial charge in [0.25, 0.3) is 0 Å². The van der Waals surface area contributed by atoms with Gasteiger partial charge in [-0.3, -0.25) is 4.79 Å². The molecule has 0 amide bonds. The van der Waals surface area contributed by atoms with Gasteiger partial charge in [-0.25, -0.2) is 5.01 Å². The normalized spacial score (nSPS) is 24.6. The number of rotatable bonds is 2. The van der Waals surface area contributed by atoms with Crippen LogP contribution in [0.3, 0.4) is 0 Å². The first-order valence-electron chi connectivity index (χ1n) is 4.00. The minimum atomic E-state index is 0.181. The highest BCUT2D eigenvalue weighted by Gasteiger charge is 2.32. The van der Waals surface area contributed by atoms with Gasteiger partial charge in [0.05, 0.1) is 0 Å². The highest BCUT2D eigenvalue weighted by molar-refractivity contribution is 5.93. The molecule has 3 heteroatoms. The zero-order valence-electron chi connectivity index (χ0n) is 6.63. The fourth-order valence-corrected chi connectivity index (χ4v) is 1.27. The molecule has 11 heavy (non-hydrogen) atoms. The van der Waals surface area contributed by atoms with Crippen LogP contribution in [-0.4, -0.2) is 23.4 Å². The minimum absolute atomic E-state index is 0.181. The van der Waals surface area contributed by atoms with Crippen molar-refractivity contribution < 1.29 is 4.79 Å². The second-order valence-corrected chi connectivity index (χ2v) is 3.21. The highest BCUT2D eigenvalue weighted by Crippen LogP contribution is 2.27. The lowest BCUT2D eigenvalue weighted by molar-refractivity contribution is -0.113. The van der Waals surface area contributed by atoms with Crippen molar-refractivity contribution in [2.75, 3.05) is 6.54 Å². The standard InChI is InChI=1S/C8H12N2O/c1-6(11)7-4-9-10(5-7)8-2-3-8/h4,8-9H,2-3,5H2,1H3. The monoisotopic (exact) mass is 152 g/mol. The van der Waals surface area contributed by atoms with E-state index in [9.17, 15) is 4.79 Å². The fourth-order valence-electron chi connectivity index (χ4n) is 1.27. The number of carbonyl (C=O) groups excluding carboxylic acids is 1. The number of hydrogen-bond acceptors (Lipinski definition) is 3. The van der Waals surface area contributed by atoms with Crippen molar-refractivity contribution >= 4 is 5.78 Å². The van der Waals surface area contributed by atoms with Crippen molar-refractivity contribution in [3.05, 3.63) is 11.8 Å². The topological polar surface area (TPSA) is 32.3 Å². The number of hydrazine groups is 1. The fraction of sp³-hybridized carbons (Fsp3) is 0.625. The number of carbonyl (C=O) groups is 1. The van der Waals surface area contributed by atoms with E-state index in [1.807, 2.05) is 6.20 Å². The van der Waals surface area contributed by atoms with E-state index in [0.717, 1.165) is 12.1 Å². The lowest BCUT2D eigenvalue weighted by Crippen LogP contribution is -2.32. The first-order valence-corrected chi connectivity index (χ1v) is 4.00. The van der Waals surface area contributed by atoms with Crippen LogP contribution in [0.2, 0.25) is 0 Å². The van der Waals surface area contributed by atoms with E-state index in [-0.39, 0.29) is 5.78 Å². The third-order valence-corrected chi connectivity index (χ3v) is 2.19. The van der Waals surface area contributed by atoms with Crippen LogP contribution in [0.25, 0.3) is 0 Å². The molecule has 1 N–H and O–H groups in total. The Morgan fingerprint density at radius 2 is 2.45 bits per heavy atom. The Balaban J connectivity index is 1.93. The minimum Gasteiger partial charge on any atom is -0.325 e. The first kappa shape index (κ1) is 6.85. The molecule has 2 rings (SSSR count). The second kappa shape index (κ2) is 2.34. The first-order chi connectivity index (χ1) is 5.27. The quantitative estimate of drug-likeness (QED) is 0.623. The second-order valence-electron chi connectivity index (χ2n) is 3.21. The SMILES string of the molecule is CC(=O)C1=CNN(C2CC2)C1. The molecule has 60 valence electrons. The van der Waals surface area contributed by atoms with E-state index in [2.05, 4.69) is 10.4 Å². The molecule has 0 radical (unpaired) electrons. The van der Waals surface area contributed by atoms with Gasteiger partial charge in [-0.15, -0.1) is 0 Å². The Bertz CT molecular complexity index is 218. The van der Waals surface area contributed by atoms with Crippen LogP contribution in [0.5, 0.6) is 0 Å². The zero-order valence-corrected chi connectivity index (χ0v) is 6.63. The smallest absolute Gasteiger partial charge is 0.158 e. The Morgan fingerprint density at radius 3 is 2.91 bits per heavy atom. The third kappa shape index (κ3) is 1.28. The largest absolute Gasteiger partial charge is 0.325 e. The summed E-state index contributed by atoms with van der Waals surface area (Å²) in [5, 5.41) is 2.14. The van der Waals surface area contributed by atoms with Crippen LogP contribution >= 0.6 is 0 Å². The van der Waals surface area contributed by atoms with Crippen molar-refractivity contribution in [3.8, 4) is 0 Å². The molecule has 0 unspecified atom stereocenters. The van der Waals surface area contributed by atoms with Crippen molar-refractivity contribution in [1.29, 1.82) is 0 Å². The molecule has 1 aliphatic heterocycles. The predicted octanol–water partition coefficient (Wildman–Crippen LogP) is 0.442. The lowest BCUT2D eigenvalue weighted by atomic mass is 10.2. The van der Waals surface area contributed by atoms with Gasteiger partial charge in [0.15, 0.2) is 5.78 Å². The summed E-state index contributed by atoms with van der Waals surface area (Å²) >= 11 is 0. The van der Waals surface area contributed by atoms with Gasteiger partial charge in [-0.2, -0.15) is 0 Å². The summed E-state index contributed by atoms with van der Waals surface area (Å²) in [7, 11) is 0. The summed E-state index contributed by atoms with van der Waals surface area (Å²) in [5.41, 5.74) is 4.00. The lowest BCUT2D eigenvalue weighted by Gasteiger charge is -2.13. The summed E-state index contributed by atoms with van der Waals surface area (Å²) in [6, 6.07) is 0.683. The van der Waals surface area contributed by atoms with E-state index in [1.165, 1.54) is 12.8 Å². The molecular formula is C8H12N2O. The number of Topliss-reactive ketones (excluding diaryl/α,β-unsaturated/α-hetero) is 1. The Kier molecular flexibility index (Phi) is 1.46. The van der Waals surface area contributed by atoms with Crippen LogP contribution in [-0.2, 0) is 4.79 Å². The van der Waals surface area contributed by atoms with Gasteiger partial charge in [-0.1, -0.05) is 0 Å². The predicted molar refractivity (Wildman–Crippen MR) is 41.6 cm³/mol. The van der Waals surface area contributed by atoms with Gasteiger partial charge in [0.2, 0.25) is 0 Å². The van der Waals surface area contributed by atoms with Crippen LogP contribution in [0, 0.1) is 0 Å². The van der Waals surface area contributed by atoms with E-state index >= 15 is 0 Å². The number of nitrogens with zero attached hydrogens (tertiary/aromatic N) is 1. The molecule has 1 saturated carbocycles. The summed E-state index contributed by atoms with van der Waals surface area (Å²) in [4.78, 5) is 10.9. The summed E-state index contributed by atoms with van der Waals surface area (Å²) in [5.74, 6) is 0.181. The maximum Gasteiger partial charge on any atom is 0.158 e. The van der Waals surface area contributed by atoms with Crippen LogP contribution in [0.4, 0.5) is 0 Å². The van der Waals surface area contributed by atoms with Gasteiger partial charge in [0, 0.05) is 24.4 Å². The molecule has 1 fully saturated rings. The molecule has 0 aromatic carbocycles. The van der Waals surface area contributed by atoms with Crippen LogP contribution in [0.1, 0.15) is 19.8 Å². The average Bonchev–Trinajstić information content (AvgIpc) is 2.68. The van der Waals surface area contributed by atoms with E-state index in [4.69, 9.17) is 0 Å². The van der Waals surface area contributed by atoms with Crippen LogP contribution < -0.4 is 5.43 Å². The van der Waals surface area contributed by atoms with Gasteiger partial charge in [-0.05, 0) is 19.8 Å². The number of hydrogen-bond donors (Lipinski definition) is 1. The van der Waals surface area contributed by atoms with Crippen molar-refractivity contribution in [2.24, 2.45) is 0 Å². The van der Waals surface area contributed by atoms with Crippen LogP contribution in [0.15, 0.2) is 11.8 Å². The van der Waals surface area contributed by atoms with Gasteiger partial charge in [0.1, 0.15) is 0 Å². The third-order valence-electron chi connectivity index (χ3n) is 2.19. The Morgan fingerprint density at radius 1 is 1.73 bits per heavy atom. The molecular weight excluding hydrogens is 140 g/mol. The summed E-state index contributed by atoms with van der Waals surface area (Å²) in [6.07, 6.45) is 4.36. The molecule has 1 aliphatic carbocycles. The highest BCUT2D eigenvalue weighted by atomic mass is 16.1. The molecule has 0 atom stereocenters. The Labute approximate surface area is 66.0 Å². The molecule has 2 aliphatic rings. The Hall–Kier alpha value is -0.830. The molecule has 0 aromatic rings. The van der Waals surface area contributed by atoms with Gasteiger partial charge < -0.3 is 5.43 Å². The van der Waals surface area contributed by atoms with E-state index < -0.39 is 0 Å². The molecule has 0 spiro atoms. The maximum atomic E-state index is 10.9. The van der Waals surface area contributed by atoms with Crippen molar-refractivity contribution in [3.63, 3.8) is 0 Å². The summed E-state index contributed by atoms with van der Waals surface area (Å²) in [6.45, 7) is 2.41. The van der Waals surface area contributed by atoms with E-state index in [1.54, 1.807) is 6.92 Å². The summed E-state index contributed by atoms with van der Waals surface area (Å²) < 4.78 is 0. The molecule has 0 bridgehead atoms. The van der Waals surface area contributed by atoms with Crippen molar-refractivity contribution in [2.45, 2.75) is 25.8 Å². The molecule has 3 nitrogen and oxygen atoms in total. The number of nitrogens with one attached hydrogen (secondary N) is 1. The average molecular weight is 152 g/mol. The molecule has 0 aromatic heterocycles. The van der Waals surface area contributed by atoms with Gasteiger partial charge >= 0.3 is 0 Å². The molecule has 0 saturated heterocycles. The van der Waals surface area contributed by atoms with Crippen molar-refractivity contribution in [1.82, 2.24) is 10.4 Å². The molecule has 1 heterocycles. The number of ketones is 1.